The highest BCUT2D eigenvalue weighted by atomic mass is 19.3. The molecule has 0 saturated heterocycles. The quantitative estimate of drug-likeness (QED) is 0.889. The van der Waals surface area contributed by atoms with Crippen molar-refractivity contribution in [2.24, 2.45) is 7.05 Å². The number of aryl methyl sites for hydroxylation is 2. The van der Waals surface area contributed by atoms with Crippen LogP contribution in [0.4, 0.5) is 8.78 Å². The third-order valence-electron chi connectivity index (χ3n) is 2.93. The zero-order valence-electron chi connectivity index (χ0n) is 10.1. The maximum absolute atomic E-state index is 13.7. The Kier molecular flexibility index (Phi) is 2.87. The second-order valence-electron chi connectivity index (χ2n) is 4.16. The zero-order valence-corrected chi connectivity index (χ0v) is 10.1. The summed E-state index contributed by atoms with van der Waals surface area (Å²) >= 11 is 0. The third kappa shape index (κ3) is 2.02. The molecule has 0 aliphatic rings. The lowest BCUT2D eigenvalue weighted by atomic mass is 10.1. The number of imidazole rings is 1. The summed E-state index contributed by atoms with van der Waals surface area (Å²) in [5.74, 6) is -2.05. The highest BCUT2D eigenvalue weighted by molar-refractivity contribution is 5.77. The van der Waals surface area contributed by atoms with Crippen molar-refractivity contribution in [2.45, 2.75) is 12.8 Å². The van der Waals surface area contributed by atoms with Crippen molar-refractivity contribution in [1.29, 1.82) is 0 Å². The molecule has 0 radical (unpaired) electrons. The van der Waals surface area contributed by atoms with Crippen molar-refractivity contribution >= 4 is 11.0 Å². The van der Waals surface area contributed by atoms with Gasteiger partial charge in [0.1, 0.15) is 5.82 Å². The van der Waals surface area contributed by atoms with E-state index in [-0.39, 0.29) is 12.1 Å². The fourth-order valence-corrected chi connectivity index (χ4v) is 1.87. The molecule has 1 heterocycles. The molecule has 5 heteroatoms. The second-order valence-corrected chi connectivity index (χ2v) is 4.16. The minimum absolute atomic E-state index is 0.00236. The van der Waals surface area contributed by atoms with Crippen LogP contribution in [-0.4, -0.2) is 23.1 Å². The van der Waals surface area contributed by atoms with Crippen LogP contribution < -0.4 is 5.32 Å². The molecule has 17 heavy (non-hydrogen) atoms. The number of nitrogens with one attached hydrogen (secondary N) is 1. The lowest BCUT2D eigenvalue weighted by molar-refractivity contribution is -0.00113. The van der Waals surface area contributed by atoms with E-state index in [1.54, 1.807) is 6.07 Å². The Balaban J connectivity index is 2.51. The van der Waals surface area contributed by atoms with Gasteiger partial charge in [-0.1, -0.05) is 6.07 Å². The molecule has 0 unspecified atom stereocenters. The topological polar surface area (TPSA) is 29.9 Å². The lowest BCUT2D eigenvalue weighted by Gasteiger charge is -2.15. The van der Waals surface area contributed by atoms with Crippen molar-refractivity contribution in [1.82, 2.24) is 14.9 Å². The molecule has 2 rings (SSSR count). The van der Waals surface area contributed by atoms with E-state index in [9.17, 15) is 8.78 Å². The van der Waals surface area contributed by atoms with Crippen LogP contribution in [0.2, 0.25) is 0 Å². The third-order valence-corrected chi connectivity index (χ3v) is 2.93. The van der Waals surface area contributed by atoms with Gasteiger partial charge < -0.3 is 9.88 Å². The molecule has 0 amide bonds. The van der Waals surface area contributed by atoms with Gasteiger partial charge in [0, 0.05) is 12.6 Å². The van der Waals surface area contributed by atoms with E-state index in [1.807, 2.05) is 18.5 Å². The van der Waals surface area contributed by atoms with Crippen molar-refractivity contribution in [3.63, 3.8) is 0 Å². The largest absolute Gasteiger partial charge is 0.331 e. The SMILES string of the molecule is CNCC(F)(F)c1ccc2c(c1)nc(C)n2C. The highest BCUT2D eigenvalue weighted by Crippen LogP contribution is 2.29. The average Bonchev–Trinajstić information content (AvgIpc) is 2.54. The van der Waals surface area contributed by atoms with Crippen LogP contribution in [0.25, 0.3) is 11.0 Å². The maximum atomic E-state index is 13.7. The predicted molar refractivity (Wildman–Crippen MR) is 63.3 cm³/mol. The summed E-state index contributed by atoms with van der Waals surface area (Å²) in [6.45, 7) is 1.48. The number of benzene rings is 1. The van der Waals surface area contributed by atoms with Gasteiger partial charge in [0.05, 0.1) is 17.6 Å². The Morgan fingerprint density at radius 1 is 1.41 bits per heavy atom. The minimum atomic E-state index is -2.87. The van der Waals surface area contributed by atoms with Gasteiger partial charge in [-0.05, 0) is 26.1 Å². The fraction of sp³-hybridized carbons (Fsp3) is 0.417. The maximum Gasteiger partial charge on any atom is 0.285 e. The molecule has 2 aromatic rings. The smallest absolute Gasteiger partial charge is 0.285 e. The van der Waals surface area contributed by atoms with Crippen molar-refractivity contribution < 1.29 is 8.78 Å². The van der Waals surface area contributed by atoms with Gasteiger partial charge in [0.25, 0.3) is 5.92 Å². The van der Waals surface area contributed by atoms with E-state index in [4.69, 9.17) is 0 Å². The second kappa shape index (κ2) is 4.07. The van der Waals surface area contributed by atoms with Crippen LogP contribution in [0.3, 0.4) is 0 Å². The van der Waals surface area contributed by atoms with E-state index < -0.39 is 5.92 Å². The number of hydrogen-bond acceptors (Lipinski definition) is 2. The number of aromatic nitrogens is 2. The van der Waals surface area contributed by atoms with Gasteiger partial charge >= 0.3 is 0 Å². The highest BCUT2D eigenvalue weighted by Gasteiger charge is 2.30. The summed E-state index contributed by atoms with van der Waals surface area (Å²) in [5, 5.41) is 2.50. The number of fused-ring (bicyclic) bond motifs is 1. The summed E-state index contributed by atoms with van der Waals surface area (Å²) in [6.07, 6.45) is 0. The first-order valence-electron chi connectivity index (χ1n) is 5.41. The minimum Gasteiger partial charge on any atom is -0.331 e. The molecule has 0 spiro atoms. The summed E-state index contributed by atoms with van der Waals surface area (Å²) in [4.78, 5) is 4.26. The van der Waals surface area contributed by atoms with E-state index in [0.717, 1.165) is 11.3 Å². The number of likely N-dealkylation sites (N-methyl/N-ethyl adjacent to an activating group) is 1. The molecule has 1 N–H and O–H groups in total. The standard InChI is InChI=1S/C12H15F2N3/c1-8-16-10-6-9(12(13,14)7-15-2)4-5-11(10)17(8)3/h4-6,15H,7H2,1-3H3. The van der Waals surface area contributed by atoms with Gasteiger partial charge in [0.2, 0.25) is 0 Å². The van der Waals surface area contributed by atoms with Crippen LogP contribution in [0.15, 0.2) is 18.2 Å². The molecule has 3 nitrogen and oxygen atoms in total. The first-order valence-corrected chi connectivity index (χ1v) is 5.41. The Hall–Kier alpha value is -1.49. The normalized spacial score (nSPS) is 12.3. The average molecular weight is 239 g/mol. The monoisotopic (exact) mass is 239 g/mol. The summed E-state index contributed by atoms with van der Waals surface area (Å²) < 4.78 is 29.3. The number of alkyl halides is 2. The van der Waals surface area contributed by atoms with E-state index in [0.29, 0.717) is 5.52 Å². The number of halogens is 2. The lowest BCUT2D eigenvalue weighted by Crippen LogP contribution is -2.28. The molecule has 0 atom stereocenters. The summed E-state index contributed by atoms with van der Waals surface area (Å²) in [7, 11) is 3.38. The summed E-state index contributed by atoms with van der Waals surface area (Å²) in [6, 6.07) is 4.61. The molecule has 0 aliphatic heterocycles. The number of hydrogen-bond donors (Lipinski definition) is 1. The van der Waals surface area contributed by atoms with Crippen LogP contribution in [-0.2, 0) is 13.0 Å². The van der Waals surface area contributed by atoms with Gasteiger partial charge in [0.15, 0.2) is 0 Å². The zero-order chi connectivity index (χ0) is 12.6. The molecule has 1 aromatic carbocycles. The van der Waals surface area contributed by atoms with E-state index in [1.165, 1.54) is 19.2 Å². The molecule has 1 aromatic heterocycles. The Morgan fingerprint density at radius 2 is 2.12 bits per heavy atom. The van der Waals surface area contributed by atoms with Gasteiger partial charge in [-0.2, -0.15) is 8.78 Å². The van der Waals surface area contributed by atoms with Crippen molar-refractivity contribution in [3.8, 4) is 0 Å². The Bertz CT molecular complexity index is 546. The molecule has 0 aliphatic carbocycles. The first kappa shape index (κ1) is 12.0. The Morgan fingerprint density at radius 3 is 2.76 bits per heavy atom. The molecule has 92 valence electrons. The molecule has 0 bridgehead atoms. The van der Waals surface area contributed by atoms with Crippen LogP contribution >= 0.6 is 0 Å². The molecule has 0 saturated carbocycles. The van der Waals surface area contributed by atoms with E-state index >= 15 is 0 Å². The van der Waals surface area contributed by atoms with Crippen LogP contribution in [0.1, 0.15) is 11.4 Å². The predicted octanol–water partition coefficient (Wildman–Crippen LogP) is 2.19. The van der Waals surface area contributed by atoms with Crippen LogP contribution in [0, 0.1) is 6.92 Å². The number of nitrogens with zero attached hydrogens (tertiary/aromatic N) is 2. The van der Waals surface area contributed by atoms with E-state index in [2.05, 4.69) is 10.3 Å². The molecular formula is C12H15F2N3. The van der Waals surface area contributed by atoms with Crippen LogP contribution in [0.5, 0.6) is 0 Å². The number of rotatable bonds is 3. The van der Waals surface area contributed by atoms with Crippen molar-refractivity contribution in [3.05, 3.63) is 29.6 Å². The Labute approximate surface area is 98.5 Å². The van der Waals surface area contributed by atoms with Crippen molar-refractivity contribution in [2.75, 3.05) is 13.6 Å². The summed E-state index contributed by atoms with van der Waals surface area (Å²) in [5.41, 5.74) is 1.47. The molecule has 0 fully saturated rings. The first-order chi connectivity index (χ1) is 7.95. The van der Waals surface area contributed by atoms with Gasteiger partial charge in [-0.25, -0.2) is 4.98 Å². The van der Waals surface area contributed by atoms with Gasteiger partial charge in [-0.15, -0.1) is 0 Å². The van der Waals surface area contributed by atoms with Gasteiger partial charge in [-0.3, -0.25) is 0 Å². The molecular weight excluding hydrogens is 224 g/mol. The fourth-order valence-electron chi connectivity index (χ4n) is 1.87.